The first kappa shape index (κ1) is 15.3. The molecule has 2 aromatic rings. The number of aromatic carboxylic acids is 1. The van der Waals surface area contributed by atoms with Gasteiger partial charge in [0.05, 0.1) is 15.7 Å². The van der Waals surface area contributed by atoms with Crippen molar-refractivity contribution in [3.8, 4) is 5.69 Å². The van der Waals surface area contributed by atoms with Crippen molar-refractivity contribution in [3.63, 3.8) is 0 Å². The molecule has 0 aliphatic carbocycles. The molecule has 0 radical (unpaired) electrons. The summed E-state index contributed by atoms with van der Waals surface area (Å²) in [5, 5.41) is 17.5. The molecule has 20 heavy (non-hydrogen) atoms. The SMILES string of the molecule is CC(C)c1c(C(=O)O)nnn1-c1c(Cl)cc(Br)cc1Cl. The van der Waals surface area contributed by atoms with Gasteiger partial charge in [0, 0.05) is 4.47 Å². The molecule has 8 heteroatoms. The third kappa shape index (κ3) is 2.68. The van der Waals surface area contributed by atoms with Gasteiger partial charge in [-0.1, -0.05) is 58.2 Å². The van der Waals surface area contributed by atoms with E-state index >= 15 is 0 Å². The van der Waals surface area contributed by atoms with Gasteiger partial charge < -0.3 is 5.11 Å². The summed E-state index contributed by atoms with van der Waals surface area (Å²) < 4.78 is 2.10. The smallest absolute Gasteiger partial charge is 0.358 e. The highest BCUT2D eigenvalue weighted by molar-refractivity contribution is 9.10. The lowest BCUT2D eigenvalue weighted by Crippen LogP contribution is -2.09. The van der Waals surface area contributed by atoms with Gasteiger partial charge in [0.1, 0.15) is 5.69 Å². The maximum absolute atomic E-state index is 11.2. The minimum atomic E-state index is -1.13. The summed E-state index contributed by atoms with van der Waals surface area (Å²) in [5.41, 5.74) is 0.763. The van der Waals surface area contributed by atoms with Gasteiger partial charge >= 0.3 is 5.97 Å². The molecule has 0 aliphatic rings. The van der Waals surface area contributed by atoms with E-state index in [4.69, 9.17) is 28.3 Å². The number of benzene rings is 1. The fourth-order valence-corrected chi connectivity index (χ4v) is 3.23. The van der Waals surface area contributed by atoms with Crippen LogP contribution in [0.3, 0.4) is 0 Å². The van der Waals surface area contributed by atoms with E-state index in [1.807, 2.05) is 13.8 Å². The first-order chi connectivity index (χ1) is 9.32. The first-order valence-electron chi connectivity index (χ1n) is 5.66. The van der Waals surface area contributed by atoms with Crippen LogP contribution in [0.25, 0.3) is 5.69 Å². The first-order valence-corrected chi connectivity index (χ1v) is 7.21. The normalized spacial score (nSPS) is 11.1. The molecule has 0 atom stereocenters. The monoisotopic (exact) mass is 377 g/mol. The van der Waals surface area contributed by atoms with Gasteiger partial charge in [-0.25, -0.2) is 9.48 Å². The van der Waals surface area contributed by atoms with Crippen LogP contribution in [0.15, 0.2) is 16.6 Å². The summed E-state index contributed by atoms with van der Waals surface area (Å²) in [6.45, 7) is 3.70. The zero-order valence-corrected chi connectivity index (χ0v) is 13.7. The molecule has 0 saturated heterocycles. The van der Waals surface area contributed by atoms with Crippen LogP contribution in [-0.4, -0.2) is 26.1 Å². The molecule has 5 nitrogen and oxygen atoms in total. The van der Waals surface area contributed by atoms with E-state index in [0.717, 1.165) is 4.47 Å². The average molecular weight is 379 g/mol. The molecule has 106 valence electrons. The second-order valence-corrected chi connectivity index (χ2v) is 6.14. The van der Waals surface area contributed by atoms with Crippen LogP contribution in [0, 0.1) is 0 Å². The Morgan fingerprint density at radius 3 is 2.35 bits per heavy atom. The van der Waals surface area contributed by atoms with Crippen LogP contribution in [0.1, 0.15) is 35.9 Å². The second kappa shape index (κ2) is 5.71. The van der Waals surface area contributed by atoms with Crippen LogP contribution >= 0.6 is 39.1 Å². The highest BCUT2D eigenvalue weighted by Crippen LogP contribution is 2.34. The third-order valence-electron chi connectivity index (χ3n) is 2.65. The summed E-state index contributed by atoms with van der Waals surface area (Å²) in [4.78, 5) is 11.2. The number of carboxylic acids is 1. The molecular weight excluding hydrogens is 369 g/mol. The second-order valence-electron chi connectivity index (χ2n) is 4.41. The fraction of sp³-hybridized carbons (Fsp3) is 0.250. The predicted octanol–water partition coefficient (Wildman–Crippen LogP) is 4.16. The maximum atomic E-state index is 11.2. The molecule has 1 N–H and O–H groups in total. The largest absolute Gasteiger partial charge is 0.476 e. The number of carboxylic acid groups (broad SMARTS) is 1. The Morgan fingerprint density at radius 1 is 1.35 bits per heavy atom. The standard InChI is InChI=1S/C12H10BrCl2N3O2/c1-5(2)10-9(12(19)20)16-17-18(10)11-7(14)3-6(13)4-8(11)15/h3-5H,1-2H3,(H,19,20). The van der Waals surface area contributed by atoms with E-state index < -0.39 is 5.97 Å². The van der Waals surface area contributed by atoms with E-state index in [9.17, 15) is 4.79 Å². The lowest BCUT2D eigenvalue weighted by Gasteiger charge is -2.13. The van der Waals surface area contributed by atoms with E-state index in [1.165, 1.54) is 4.68 Å². The van der Waals surface area contributed by atoms with Crippen molar-refractivity contribution >= 4 is 45.1 Å². The molecule has 1 heterocycles. The molecule has 0 amide bonds. The Labute approximate surface area is 133 Å². The Kier molecular flexibility index (Phi) is 4.36. The van der Waals surface area contributed by atoms with Gasteiger partial charge in [-0.05, 0) is 18.1 Å². The highest BCUT2D eigenvalue weighted by Gasteiger charge is 2.24. The summed E-state index contributed by atoms with van der Waals surface area (Å²) in [6, 6.07) is 3.32. The number of halogens is 3. The lowest BCUT2D eigenvalue weighted by atomic mass is 10.1. The van der Waals surface area contributed by atoms with Crippen molar-refractivity contribution in [1.29, 1.82) is 0 Å². The van der Waals surface area contributed by atoms with Gasteiger partial charge in [0.15, 0.2) is 5.69 Å². The highest BCUT2D eigenvalue weighted by atomic mass is 79.9. The molecule has 0 bridgehead atoms. The van der Waals surface area contributed by atoms with Gasteiger partial charge in [-0.2, -0.15) is 0 Å². The summed E-state index contributed by atoms with van der Waals surface area (Å²) in [5.74, 6) is -1.24. The molecule has 0 aliphatic heterocycles. The van der Waals surface area contributed by atoms with Crippen molar-refractivity contribution < 1.29 is 9.90 Å². The van der Waals surface area contributed by atoms with Crippen molar-refractivity contribution in [2.45, 2.75) is 19.8 Å². The molecule has 0 spiro atoms. The summed E-state index contributed by atoms with van der Waals surface area (Å²) in [6.07, 6.45) is 0. The number of hydrogen-bond acceptors (Lipinski definition) is 3. The zero-order valence-electron chi connectivity index (χ0n) is 10.6. The topological polar surface area (TPSA) is 68.0 Å². The van der Waals surface area contributed by atoms with Crippen molar-refractivity contribution in [2.75, 3.05) is 0 Å². The van der Waals surface area contributed by atoms with Gasteiger partial charge in [0.25, 0.3) is 0 Å². The Balaban J connectivity index is 2.74. The van der Waals surface area contributed by atoms with Crippen molar-refractivity contribution in [3.05, 3.63) is 38.0 Å². The van der Waals surface area contributed by atoms with Crippen LogP contribution in [0.2, 0.25) is 10.0 Å². The Hall–Kier alpha value is -1.11. The minimum absolute atomic E-state index is 0.102. The van der Waals surface area contributed by atoms with Crippen LogP contribution in [-0.2, 0) is 0 Å². The summed E-state index contributed by atoms with van der Waals surface area (Å²) in [7, 11) is 0. The molecule has 1 aromatic heterocycles. The molecule has 0 fully saturated rings. The molecular formula is C12H10BrCl2N3O2. The zero-order chi connectivity index (χ0) is 15.0. The van der Waals surface area contributed by atoms with Crippen molar-refractivity contribution in [1.82, 2.24) is 15.0 Å². The van der Waals surface area contributed by atoms with Gasteiger partial charge in [-0.3, -0.25) is 0 Å². The number of carbonyl (C=O) groups is 1. The van der Waals surface area contributed by atoms with Gasteiger partial charge in [-0.15, -0.1) is 5.10 Å². The molecule has 2 rings (SSSR count). The van der Waals surface area contributed by atoms with Crippen LogP contribution < -0.4 is 0 Å². The van der Waals surface area contributed by atoms with Crippen LogP contribution in [0.4, 0.5) is 0 Å². The predicted molar refractivity (Wildman–Crippen MR) is 80.1 cm³/mol. The Bertz CT molecular complexity index is 662. The minimum Gasteiger partial charge on any atom is -0.476 e. The van der Waals surface area contributed by atoms with Gasteiger partial charge in [0.2, 0.25) is 0 Å². The van der Waals surface area contributed by atoms with E-state index in [0.29, 0.717) is 21.4 Å². The summed E-state index contributed by atoms with van der Waals surface area (Å²) >= 11 is 15.7. The maximum Gasteiger partial charge on any atom is 0.358 e. The molecule has 0 saturated carbocycles. The van der Waals surface area contributed by atoms with Crippen LogP contribution in [0.5, 0.6) is 0 Å². The van der Waals surface area contributed by atoms with E-state index in [-0.39, 0.29) is 11.6 Å². The number of rotatable bonds is 3. The van der Waals surface area contributed by atoms with E-state index in [2.05, 4.69) is 26.2 Å². The average Bonchev–Trinajstić information content (AvgIpc) is 2.72. The number of hydrogen-bond donors (Lipinski definition) is 1. The quantitative estimate of drug-likeness (QED) is 0.870. The van der Waals surface area contributed by atoms with Crippen molar-refractivity contribution in [2.24, 2.45) is 0 Å². The number of aromatic nitrogens is 3. The molecule has 1 aromatic carbocycles. The third-order valence-corrected chi connectivity index (χ3v) is 3.68. The van der Waals surface area contributed by atoms with E-state index in [1.54, 1.807) is 12.1 Å². The lowest BCUT2D eigenvalue weighted by molar-refractivity contribution is 0.0688. The molecule has 0 unspecified atom stereocenters. The fourth-order valence-electron chi connectivity index (χ4n) is 1.86. The Morgan fingerprint density at radius 2 is 1.90 bits per heavy atom. The number of nitrogens with zero attached hydrogens (tertiary/aromatic N) is 3.